The minimum atomic E-state index is -0.506. The van der Waals surface area contributed by atoms with Crippen LogP contribution in [0.3, 0.4) is 0 Å². The van der Waals surface area contributed by atoms with Gasteiger partial charge in [0, 0.05) is 76.0 Å². The number of furan rings is 2. The number of rotatable bonds is 6. The molecule has 334 valence electrons. The van der Waals surface area contributed by atoms with E-state index in [2.05, 4.69) is 33.1 Å². The van der Waals surface area contributed by atoms with Crippen molar-refractivity contribution in [3.63, 3.8) is 0 Å². The number of hydrogen-bond acceptors (Lipinski definition) is 4. The molecule has 17 aromatic rings. The lowest BCUT2D eigenvalue weighted by Gasteiger charge is -2.26. The molecule has 6 aromatic heterocycles. The zero-order chi connectivity index (χ0) is 58.9. The average molecular weight is 933 g/mol. The molecular formula is C66H38N4O2. The molecule has 0 radical (unpaired) electrons. The fourth-order valence-corrected chi connectivity index (χ4v) is 11.7. The molecule has 0 atom stereocenters. The molecule has 0 saturated heterocycles. The van der Waals surface area contributed by atoms with Crippen molar-refractivity contribution in [3.8, 4) is 0 Å². The van der Waals surface area contributed by atoms with Crippen LogP contribution >= 0.6 is 0 Å². The normalized spacial score (nSPS) is 15.2. The van der Waals surface area contributed by atoms with E-state index in [0.717, 1.165) is 76.2 Å². The zero-order valence-corrected chi connectivity index (χ0v) is 37.5. The van der Waals surface area contributed by atoms with Crippen molar-refractivity contribution < 1.29 is 28.0 Å². The van der Waals surface area contributed by atoms with Gasteiger partial charge in [0.25, 0.3) is 0 Å². The first-order valence-corrected chi connectivity index (χ1v) is 23.5. The fourth-order valence-electron chi connectivity index (χ4n) is 11.7. The highest BCUT2D eigenvalue weighted by Crippen LogP contribution is 2.53. The Hall–Kier alpha value is -9.78. The number of benzene rings is 11. The molecule has 0 bridgehead atoms. The van der Waals surface area contributed by atoms with Gasteiger partial charge in [-0.25, -0.2) is 0 Å². The number of nitrogens with zero attached hydrogens (tertiary/aromatic N) is 4. The molecule has 0 amide bonds. The lowest BCUT2D eigenvalue weighted by molar-refractivity contribution is 0.669. The van der Waals surface area contributed by atoms with Gasteiger partial charge < -0.3 is 27.4 Å². The lowest BCUT2D eigenvalue weighted by Crippen LogP contribution is -2.10. The Morgan fingerprint density at radius 2 is 0.736 bits per heavy atom. The maximum Gasteiger partial charge on any atom is 0.159 e. The van der Waals surface area contributed by atoms with Crippen molar-refractivity contribution in [3.05, 3.63) is 230 Å². The molecule has 6 nitrogen and oxygen atoms in total. The van der Waals surface area contributed by atoms with Crippen molar-refractivity contribution >= 4 is 154 Å². The van der Waals surface area contributed by atoms with E-state index in [-0.39, 0.29) is 67.3 Å². The van der Waals surface area contributed by atoms with Gasteiger partial charge in [0.2, 0.25) is 0 Å². The summed E-state index contributed by atoms with van der Waals surface area (Å²) in [6.45, 7) is 0. The maximum absolute atomic E-state index is 9.67. The van der Waals surface area contributed by atoms with Gasteiger partial charge in [-0.15, -0.1) is 0 Å². The van der Waals surface area contributed by atoms with E-state index in [1.165, 1.54) is 0 Å². The van der Waals surface area contributed by atoms with Crippen molar-refractivity contribution in [1.82, 2.24) is 8.80 Å². The minimum absolute atomic E-state index is 0.00588. The van der Waals surface area contributed by atoms with Gasteiger partial charge >= 0.3 is 0 Å². The standard InChI is InChI=1S/C66H38N4O2/c1-3-17-39(18-4-1)67(55-29-15-25-45-41-21-9-13-31-59(41)71-65(45)55)53-35-33-43-49-37-58-50(38-57(49)69-51-27-11-7-23-47(51)61(53)63(43)69)44-34-36-54(62-48-24-8-12-28-52(48)70(58)64(44)62)68(40-19-5-2-6-20-40)56-30-16-26-46-42-22-10-14-32-60(42)72-66(46)56/h1-38H/i9D,10D,13D,14D,15D,16D,21D,22D,25D,26D,29D,30D,31D,32D. The third-order valence-electron chi connectivity index (χ3n) is 14.6. The molecule has 0 N–H and O–H groups in total. The smallest absolute Gasteiger partial charge is 0.159 e. The van der Waals surface area contributed by atoms with Gasteiger partial charge in [0.05, 0.1) is 75.0 Å². The van der Waals surface area contributed by atoms with Gasteiger partial charge in [-0.3, -0.25) is 0 Å². The minimum Gasteiger partial charge on any atom is -0.454 e. The van der Waals surface area contributed by atoms with Crippen molar-refractivity contribution in [2.75, 3.05) is 9.80 Å². The Balaban J connectivity index is 0.956. The second kappa shape index (κ2) is 13.9. The van der Waals surface area contributed by atoms with Gasteiger partial charge in [0.15, 0.2) is 11.2 Å². The van der Waals surface area contributed by atoms with Crippen molar-refractivity contribution in [2.45, 2.75) is 0 Å². The third-order valence-corrected chi connectivity index (χ3v) is 14.6. The molecule has 0 spiro atoms. The Bertz CT molecular complexity index is 5560. The Morgan fingerprint density at radius 3 is 1.21 bits per heavy atom. The Labute approximate surface area is 429 Å². The number of para-hydroxylation sites is 8. The highest BCUT2D eigenvalue weighted by atomic mass is 16.3. The van der Waals surface area contributed by atoms with E-state index in [1.807, 2.05) is 131 Å². The van der Waals surface area contributed by atoms with Gasteiger partial charge in [0.1, 0.15) is 11.2 Å². The van der Waals surface area contributed by atoms with Crippen LogP contribution in [0.4, 0.5) is 34.1 Å². The first-order valence-electron chi connectivity index (χ1n) is 30.5. The van der Waals surface area contributed by atoms with E-state index in [9.17, 15) is 8.22 Å². The summed E-state index contributed by atoms with van der Waals surface area (Å²) in [7, 11) is 0. The van der Waals surface area contributed by atoms with E-state index in [4.69, 9.17) is 19.8 Å². The number of hydrogen-bond donors (Lipinski definition) is 0. The largest absolute Gasteiger partial charge is 0.454 e. The van der Waals surface area contributed by atoms with Crippen molar-refractivity contribution in [1.29, 1.82) is 0 Å². The first-order chi connectivity index (χ1) is 41.6. The van der Waals surface area contributed by atoms with Crippen LogP contribution in [-0.4, -0.2) is 8.80 Å². The van der Waals surface area contributed by atoms with E-state index in [1.54, 1.807) is 0 Å². The third kappa shape index (κ3) is 4.87. The van der Waals surface area contributed by atoms with Crippen LogP contribution < -0.4 is 9.80 Å². The Kier molecular flexibility index (Phi) is 5.31. The molecule has 0 aliphatic heterocycles. The molecule has 0 fully saturated rings. The van der Waals surface area contributed by atoms with E-state index < -0.39 is 72.5 Å². The summed E-state index contributed by atoms with van der Waals surface area (Å²) in [5.41, 5.74) is 7.54. The predicted molar refractivity (Wildman–Crippen MR) is 300 cm³/mol. The van der Waals surface area contributed by atoms with Gasteiger partial charge in [-0.05, 0) is 84.8 Å². The quantitative estimate of drug-likeness (QED) is 0.167. The second-order valence-corrected chi connectivity index (χ2v) is 18.1. The van der Waals surface area contributed by atoms with Crippen LogP contribution in [0.15, 0.2) is 239 Å². The summed E-state index contributed by atoms with van der Waals surface area (Å²) in [6, 6.07) is 41.3. The molecule has 11 aromatic carbocycles. The lowest BCUT2D eigenvalue weighted by atomic mass is 10.0. The van der Waals surface area contributed by atoms with Crippen LogP contribution in [0.1, 0.15) is 19.2 Å². The van der Waals surface area contributed by atoms with Crippen molar-refractivity contribution in [2.24, 2.45) is 0 Å². The molecule has 0 aliphatic carbocycles. The summed E-state index contributed by atoms with van der Waals surface area (Å²) in [4.78, 5) is 3.67. The molecule has 0 saturated carbocycles. The molecule has 0 unspecified atom stereocenters. The van der Waals surface area contributed by atoms with Crippen LogP contribution in [0.25, 0.3) is 120 Å². The number of aromatic nitrogens is 2. The fraction of sp³-hybridized carbons (Fsp3) is 0. The zero-order valence-electron chi connectivity index (χ0n) is 51.5. The molecular weight excluding hydrogens is 881 g/mol. The highest BCUT2D eigenvalue weighted by Gasteiger charge is 2.29. The summed E-state index contributed by atoms with van der Waals surface area (Å²) >= 11 is 0. The van der Waals surface area contributed by atoms with Crippen LogP contribution in [0.2, 0.25) is 0 Å². The summed E-state index contributed by atoms with van der Waals surface area (Å²) in [5.74, 6) is 0. The summed E-state index contributed by atoms with van der Waals surface area (Å²) < 4.78 is 143. The molecule has 0 aliphatic rings. The van der Waals surface area contributed by atoms with Gasteiger partial charge in [-0.1, -0.05) is 145 Å². The molecule has 72 heavy (non-hydrogen) atoms. The first kappa shape index (κ1) is 27.4. The maximum atomic E-state index is 9.67. The molecule has 6 heterocycles. The second-order valence-electron chi connectivity index (χ2n) is 18.1. The number of fused-ring (bicyclic) bond motifs is 18. The van der Waals surface area contributed by atoms with Crippen LogP contribution in [-0.2, 0) is 0 Å². The van der Waals surface area contributed by atoms with Crippen LogP contribution in [0.5, 0.6) is 0 Å². The summed E-state index contributed by atoms with van der Waals surface area (Å²) in [6.07, 6.45) is 0. The predicted octanol–water partition coefficient (Wildman–Crippen LogP) is 18.7. The number of anilines is 6. The van der Waals surface area contributed by atoms with E-state index in [0.29, 0.717) is 22.7 Å². The average Bonchev–Trinajstić information content (AvgIpc) is 1.53. The Morgan fingerprint density at radius 1 is 0.319 bits per heavy atom. The molecule has 6 heteroatoms. The van der Waals surface area contributed by atoms with E-state index >= 15 is 0 Å². The van der Waals surface area contributed by atoms with Gasteiger partial charge in [-0.2, -0.15) is 0 Å². The van der Waals surface area contributed by atoms with Crippen LogP contribution in [0, 0.1) is 0 Å². The SMILES string of the molecule is [2H]c1c([2H])c([2H])c2c(oc3c(N(c4ccccc4)c4ccc5c6cc7c(cc6n6c8ccccc8c4c56)c4ccc(N(c5ccccc5)c5c([2H])c([2H])c([2H])c6c5oc5c([2H])c([2H])c([2H])c([2H])c56)c5c6ccccc6n7c45)c([2H])c([2H])c([2H])c32)c1[2H]. The summed E-state index contributed by atoms with van der Waals surface area (Å²) in [5, 5.41) is 7.04. The monoisotopic (exact) mass is 932 g/mol. The topological polar surface area (TPSA) is 41.6 Å². The molecule has 17 rings (SSSR count). The highest BCUT2D eigenvalue weighted by molar-refractivity contribution is 6.32.